The largest absolute Gasteiger partial charge is 0.396 e. The lowest BCUT2D eigenvalue weighted by Crippen LogP contribution is -2.05. The average molecular weight is 208 g/mol. The van der Waals surface area contributed by atoms with Crippen molar-refractivity contribution < 1.29 is 8.78 Å². The molecular weight excluding hydrogens is 202 g/mol. The second-order valence-electron chi connectivity index (χ2n) is 2.70. The standard InChI is InChI=1S/C9H6F2N4/c10-9(11)8-5(1-2-12)6(3-13)7(14)4-15-8/h4,9H,1,14H2. The van der Waals surface area contributed by atoms with Crippen LogP contribution in [0.5, 0.6) is 0 Å². The van der Waals surface area contributed by atoms with Gasteiger partial charge in [0.1, 0.15) is 11.8 Å². The SMILES string of the molecule is N#CCc1c(C(F)F)ncc(N)c1C#N. The summed E-state index contributed by atoms with van der Waals surface area (Å²) in [6.45, 7) is 0. The van der Waals surface area contributed by atoms with Crippen molar-refractivity contribution in [3.63, 3.8) is 0 Å². The van der Waals surface area contributed by atoms with Crippen LogP contribution in [0, 0.1) is 22.7 Å². The Bertz CT molecular complexity index is 456. The van der Waals surface area contributed by atoms with E-state index in [4.69, 9.17) is 16.3 Å². The number of rotatable bonds is 2. The lowest BCUT2D eigenvalue weighted by molar-refractivity contribution is 0.145. The second-order valence-corrected chi connectivity index (χ2v) is 2.70. The highest BCUT2D eigenvalue weighted by molar-refractivity contribution is 5.58. The number of nitrogens with zero attached hydrogens (tertiary/aromatic N) is 3. The molecule has 0 aliphatic rings. The number of pyridine rings is 1. The molecule has 0 aliphatic carbocycles. The highest BCUT2D eigenvalue weighted by Crippen LogP contribution is 2.26. The summed E-state index contributed by atoms with van der Waals surface area (Å²) in [5, 5.41) is 17.2. The maximum Gasteiger partial charge on any atom is 0.280 e. The molecule has 2 N–H and O–H groups in total. The van der Waals surface area contributed by atoms with E-state index < -0.39 is 12.1 Å². The first-order valence-electron chi connectivity index (χ1n) is 3.94. The number of alkyl halides is 2. The van der Waals surface area contributed by atoms with Gasteiger partial charge in [-0.3, -0.25) is 4.98 Å². The Morgan fingerprint density at radius 3 is 2.60 bits per heavy atom. The Balaban J connectivity index is 3.45. The number of aromatic nitrogens is 1. The third-order valence-electron chi connectivity index (χ3n) is 1.82. The van der Waals surface area contributed by atoms with E-state index in [0.29, 0.717) is 0 Å². The minimum atomic E-state index is -2.82. The molecule has 0 aliphatic heterocycles. The van der Waals surface area contributed by atoms with Gasteiger partial charge in [-0.15, -0.1) is 0 Å². The quantitative estimate of drug-likeness (QED) is 0.798. The zero-order chi connectivity index (χ0) is 11.4. The first kappa shape index (κ1) is 10.9. The number of anilines is 1. The van der Waals surface area contributed by atoms with Crippen LogP contribution in [-0.4, -0.2) is 4.98 Å². The van der Waals surface area contributed by atoms with Crippen molar-refractivity contribution in [1.29, 1.82) is 10.5 Å². The highest BCUT2D eigenvalue weighted by Gasteiger charge is 2.19. The van der Waals surface area contributed by atoms with Crippen LogP contribution in [0.15, 0.2) is 6.20 Å². The summed E-state index contributed by atoms with van der Waals surface area (Å²) >= 11 is 0. The molecule has 1 aromatic heterocycles. The molecule has 76 valence electrons. The van der Waals surface area contributed by atoms with Gasteiger partial charge in [0.2, 0.25) is 0 Å². The van der Waals surface area contributed by atoms with Gasteiger partial charge in [0, 0.05) is 5.56 Å². The maximum absolute atomic E-state index is 12.5. The van der Waals surface area contributed by atoms with Gasteiger partial charge in [0.25, 0.3) is 6.43 Å². The van der Waals surface area contributed by atoms with Gasteiger partial charge >= 0.3 is 0 Å². The van der Waals surface area contributed by atoms with Gasteiger partial charge in [-0.05, 0) is 0 Å². The summed E-state index contributed by atoms with van der Waals surface area (Å²) < 4.78 is 25.0. The monoisotopic (exact) mass is 208 g/mol. The smallest absolute Gasteiger partial charge is 0.280 e. The Hall–Kier alpha value is -2.21. The minimum Gasteiger partial charge on any atom is -0.396 e. The van der Waals surface area contributed by atoms with E-state index in [1.807, 2.05) is 0 Å². The van der Waals surface area contributed by atoms with Gasteiger partial charge in [-0.2, -0.15) is 10.5 Å². The van der Waals surface area contributed by atoms with Crippen LogP contribution in [0.1, 0.15) is 23.2 Å². The molecule has 0 radical (unpaired) electrons. The van der Waals surface area contributed by atoms with E-state index in [1.54, 1.807) is 12.1 Å². The molecule has 0 bridgehead atoms. The predicted molar refractivity (Wildman–Crippen MR) is 47.6 cm³/mol. The molecule has 0 amide bonds. The molecule has 1 rings (SSSR count). The zero-order valence-corrected chi connectivity index (χ0v) is 7.54. The molecular formula is C9H6F2N4. The molecule has 15 heavy (non-hydrogen) atoms. The van der Waals surface area contributed by atoms with Crippen molar-refractivity contribution in [3.8, 4) is 12.1 Å². The van der Waals surface area contributed by atoms with Crippen molar-refractivity contribution in [2.45, 2.75) is 12.8 Å². The van der Waals surface area contributed by atoms with Gasteiger partial charge in [0.05, 0.1) is 29.9 Å². The lowest BCUT2D eigenvalue weighted by atomic mass is 10.0. The van der Waals surface area contributed by atoms with Crippen molar-refractivity contribution in [3.05, 3.63) is 23.0 Å². The van der Waals surface area contributed by atoms with Crippen molar-refractivity contribution in [2.75, 3.05) is 5.73 Å². The van der Waals surface area contributed by atoms with Crippen LogP contribution in [0.3, 0.4) is 0 Å². The fourth-order valence-electron chi connectivity index (χ4n) is 1.16. The third-order valence-corrected chi connectivity index (χ3v) is 1.82. The summed E-state index contributed by atoms with van der Waals surface area (Å²) in [5.74, 6) is 0. The maximum atomic E-state index is 12.5. The topological polar surface area (TPSA) is 86.5 Å². The number of hydrogen-bond acceptors (Lipinski definition) is 4. The molecule has 6 heteroatoms. The minimum absolute atomic E-state index is 0.00662. The fraction of sp³-hybridized carbons (Fsp3) is 0.222. The molecule has 0 fully saturated rings. The molecule has 0 saturated carbocycles. The van der Waals surface area contributed by atoms with Gasteiger partial charge < -0.3 is 5.73 Å². The number of hydrogen-bond donors (Lipinski definition) is 1. The van der Waals surface area contributed by atoms with E-state index in [1.165, 1.54) is 0 Å². The second kappa shape index (κ2) is 4.34. The van der Waals surface area contributed by atoms with Gasteiger partial charge in [-0.1, -0.05) is 0 Å². The predicted octanol–water partition coefficient (Wildman–Crippen LogP) is 1.54. The molecule has 4 nitrogen and oxygen atoms in total. The van der Waals surface area contributed by atoms with E-state index in [2.05, 4.69) is 4.98 Å². The van der Waals surface area contributed by atoms with Crippen LogP contribution >= 0.6 is 0 Å². The van der Waals surface area contributed by atoms with Crippen LogP contribution in [0.4, 0.5) is 14.5 Å². The molecule has 0 spiro atoms. The van der Waals surface area contributed by atoms with E-state index in [-0.39, 0.29) is 23.2 Å². The summed E-state index contributed by atoms with van der Waals surface area (Å²) in [4.78, 5) is 3.43. The Morgan fingerprint density at radius 2 is 2.13 bits per heavy atom. The summed E-state index contributed by atoms with van der Waals surface area (Å²) in [5.41, 5.74) is 4.66. The van der Waals surface area contributed by atoms with Crippen molar-refractivity contribution >= 4 is 5.69 Å². The van der Waals surface area contributed by atoms with Crippen LogP contribution < -0.4 is 5.73 Å². The van der Waals surface area contributed by atoms with E-state index in [9.17, 15) is 8.78 Å². The van der Waals surface area contributed by atoms with E-state index >= 15 is 0 Å². The Kier molecular flexibility index (Phi) is 3.14. The van der Waals surface area contributed by atoms with Crippen LogP contribution in [0.25, 0.3) is 0 Å². The van der Waals surface area contributed by atoms with E-state index in [0.717, 1.165) is 6.20 Å². The number of halogens is 2. The summed E-state index contributed by atoms with van der Waals surface area (Å²) in [6.07, 6.45) is -2.12. The molecule has 0 aromatic carbocycles. The average Bonchev–Trinajstić information content (AvgIpc) is 2.18. The normalized spacial score (nSPS) is 9.67. The lowest BCUT2D eigenvalue weighted by Gasteiger charge is -2.08. The first-order valence-corrected chi connectivity index (χ1v) is 3.94. The summed E-state index contributed by atoms with van der Waals surface area (Å²) in [7, 11) is 0. The van der Waals surface area contributed by atoms with Crippen molar-refractivity contribution in [1.82, 2.24) is 4.98 Å². The first-order chi connectivity index (χ1) is 7.11. The molecule has 1 heterocycles. The molecule has 0 unspecified atom stereocenters. The Labute approximate surface area is 84.6 Å². The zero-order valence-electron chi connectivity index (χ0n) is 7.54. The van der Waals surface area contributed by atoms with Crippen LogP contribution in [-0.2, 0) is 6.42 Å². The Morgan fingerprint density at radius 1 is 1.47 bits per heavy atom. The molecule has 0 atom stereocenters. The van der Waals surface area contributed by atoms with Crippen LogP contribution in [0.2, 0.25) is 0 Å². The summed E-state index contributed by atoms with van der Waals surface area (Å²) in [6, 6.07) is 3.40. The van der Waals surface area contributed by atoms with Gasteiger partial charge in [-0.25, -0.2) is 8.78 Å². The fourth-order valence-corrected chi connectivity index (χ4v) is 1.16. The molecule has 1 aromatic rings. The van der Waals surface area contributed by atoms with Crippen molar-refractivity contribution in [2.24, 2.45) is 0 Å². The van der Waals surface area contributed by atoms with Gasteiger partial charge in [0.15, 0.2) is 0 Å². The number of nitrogen functional groups attached to an aromatic ring is 1. The number of nitrogens with two attached hydrogens (primary N) is 1. The third kappa shape index (κ3) is 2.00. The highest BCUT2D eigenvalue weighted by atomic mass is 19.3. The molecule has 0 saturated heterocycles. The number of nitriles is 2.